The zero-order chi connectivity index (χ0) is 10.6. The van der Waals surface area contributed by atoms with Crippen LogP contribution in [-0.4, -0.2) is 66.1 Å². The van der Waals surface area contributed by atoms with Gasteiger partial charge in [0.25, 0.3) is 0 Å². The topological polar surface area (TPSA) is 86.9 Å². The van der Waals surface area contributed by atoms with E-state index >= 15 is 0 Å². The Labute approximate surface area is 82.3 Å². The molecule has 0 aromatic heterocycles. The number of nitrogens with zero attached hydrogens (tertiary/aromatic N) is 2. The Hall–Kier alpha value is -1.14. The highest BCUT2D eigenvalue weighted by Gasteiger charge is 2.20. The maximum absolute atomic E-state index is 11.2. The summed E-state index contributed by atoms with van der Waals surface area (Å²) in [4.78, 5) is 25.0. The van der Waals surface area contributed by atoms with Gasteiger partial charge < -0.3 is 15.7 Å². The Morgan fingerprint density at radius 3 is 2.21 bits per heavy atom. The number of carbonyl (C=O) groups is 2. The standard InChI is InChI=1S/C8H15N3O3/c9-5-7(12)11-3-1-10(2-4-11)6-8(13)14/h1-6,9H2,(H,13,14). The highest BCUT2D eigenvalue weighted by molar-refractivity contribution is 5.78. The van der Waals surface area contributed by atoms with Crippen LogP contribution in [0.2, 0.25) is 0 Å². The van der Waals surface area contributed by atoms with Crippen LogP contribution in [0.25, 0.3) is 0 Å². The van der Waals surface area contributed by atoms with E-state index in [4.69, 9.17) is 10.8 Å². The highest BCUT2D eigenvalue weighted by atomic mass is 16.4. The summed E-state index contributed by atoms with van der Waals surface area (Å²) in [5, 5.41) is 8.54. The van der Waals surface area contributed by atoms with Gasteiger partial charge in [-0.25, -0.2) is 0 Å². The van der Waals surface area contributed by atoms with Crippen molar-refractivity contribution in [2.24, 2.45) is 5.73 Å². The minimum absolute atomic E-state index is 0.0267. The normalized spacial score (nSPS) is 18.2. The molecule has 0 aromatic carbocycles. The Morgan fingerprint density at radius 1 is 1.21 bits per heavy atom. The summed E-state index contributed by atoms with van der Waals surface area (Å²) >= 11 is 0. The molecule has 3 N–H and O–H groups in total. The zero-order valence-corrected chi connectivity index (χ0v) is 7.98. The largest absolute Gasteiger partial charge is 0.480 e. The molecule has 6 nitrogen and oxygen atoms in total. The Balaban J connectivity index is 2.31. The van der Waals surface area contributed by atoms with Gasteiger partial charge >= 0.3 is 5.97 Å². The maximum Gasteiger partial charge on any atom is 0.317 e. The van der Waals surface area contributed by atoms with Crippen molar-refractivity contribution in [2.45, 2.75) is 0 Å². The number of piperazine rings is 1. The molecule has 0 bridgehead atoms. The first-order valence-electron chi connectivity index (χ1n) is 4.55. The SMILES string of the molecule is NCC(=O)N1CCN(CC(=O)O)CC1. The Bertz CT molecular complexity index is 224. The lowest BCUT2D eigenvalue weighted by atomic mass is 10.3. The molecule has 0 spiro atoms. The summed E-state index contributed by atoms with van der Waals surface area (Å²) in [7, 11) is 0. The number of carbonyl (C=O) groups excluding carboxylic acids is 1. The summed E-state index contributed by atoms with van der Waals surface area (Å²) in [6, 6.07) is 0. The van der Waals surface area contributed by atoms with Crippen molar-refractivity contribution in [1.29, 1.82) is 0 Å². The lowest BCUT2D eigenvalue weighted by Gasteiger charge is -2.33. The monoisotopic (exact) mass is 201 g/mol. The minimum atomic E-state index is -0.830. The second-order valence-electron chi connectivity index (χ2n) is 3.25. The molecule has 6 heteroatoms. The third-order valence-corrected chi connectivity index (χ3v) is 2.26. The van der Waals surface area contributed by atoms with Crippen molar-refractivity contribution < 1.29 is 14.7 Å². The van der Waals surface area contributed by atoms with E-state index in [0.717, 1.165) is 0 Å². The van der Waals surface area contributed by atoms with Crippen LogP contribution in [0.1, 0.15) is 0 Å². The summed E-state index contributed by atoms with van der Waals surface area (Å²) in [6.45, 7) is 2.44. The van der Waals surface area contributed by atoms with Crippen LogP contribution in [0.5, 0.6) is 0 Å². The van der Waals surface area contributed by atoms with E-state index in [9.17, 15) is 9.59 Å². The van der Waals surface area contributed by atoms with E-state index in [1.165, 1.54) is 0 Å². The number of carboxylic acid groups (broad SMARTS) is 1. The van der Waals surface area contributed by atoms with Crippen LogP contribution in [0.15, 0.2) is 0 Å². The summed E-state index contributed by atoms with van der Waals surface area (Å²) in [6.07, 6.45) is 0. The van der Waals surface area contributed by atoms with Crippen molar-refractivity contribution in [3.8, 4) is 0 Å². The molecule has 1 aliphatic rings. The second kappa shape index (κ2) is 4.92. The minimum Gasteiger partial charge on any atom is -0.480 e. The van der Waals surface area contributed by atoms with Crippen LogP contribution >= 0.6 is 0 Å². The van der Waals surface area contributed by atoms with Gasteiger partial charge in [0.2, 0.25) is 5.91 Å². The van der Waals surface area contributed by atoms with Crippen LogP contribution < -0.4 is 5.73 Å². The quantitative estimate of drug-likeness (QED) is 0.561. The molecule has 1 aliphatic heterocycles. The van der Waals surface area contributed by atoms with Gasteiger partial charge in [0, 0.05) is 26.2 Å². The van der Waals surface area contributed by atoms with Gasteiger partial charge in [-0.2, -0.15) is 0 Å². The van der Waals surface area contributed by atoms with Crippen molar-refractivity contribution in [3.63, 3.8) is 0 Å². The van der Waals surface area contributed by atoms with Crippen LogP contribution in [0.3, 0.4) is 0 Å². The average Bonchev–Trinajstić information content (AvgIpc) is 2.17. The van der Waals surface area contributed by atoms with E-state index in [-0.39, 0.29) is 19.0 Å². The molecule has 1 heterocycles. The molecule has 14 heavy (non-hydrogen) atoms. The first kappa shape index (κ1) is 10.9. The number of rotatable bonds is 3. The number of hydrogen-bond donors (Lipinski definition) is 2. The van der Waals surface area contributed by atoms with Gasteiger partial charge in [0.05, 0.1) is 13.1 Å². The predicted octanol–water partition coefficient (Wildman–Crippen LogP) is -1.83. The molecule has 0 radical (unpaired) electrons. The fourth-order valence-corrected chi connectivity index (χ4v) is 1.48. The first-order valence-corrected chi connectivity index (χ1v) is 4.55. The number of hydrogen-bond acceptors (Lipinski definition) is 4. The van der Waals surface area contributed by atoms with Crippen LogP contribution in [0.4, 0.5) is 0 Å². The van der Waals surface area contributed by atoms with Gasteiger partial charge in [-0.05, 0) is 0 Å². The summed E-state index contributed by atoms with van der Waals surface area (Å²) in [5.74, 6) is -0.899. The molecule has 0 atom stereocenters. The van der Waals surface area contributed by atoms with Gasteiger partial charge in [-0.1, -0.05) is 0 Å². The van der Waals surface area contributed by atoms with Gasteiger partial charge in [0.1, 0.15) is 0 Å². The number of nitrogens with two attached hydrogens (primary N) is 1. The first-order chi connectivity index (χ1) is 6.63. The Morgan fingerprint density at radius 2 is 1.79 bits per heavy atom. The smallest absolute Gasteiger partial charge is 0.317 e. The number of aliphatic carboxylic acids is 1. The van der Waals surface area contributed by atoms with Crippen molar-refractivity contribution in [3.05, 3.63) is 0 Å². The van der Waals surface area contributed by atoms with E-state index in [1.54, 1.807) is 4.90 Å². The van der Waals surface area contributed by atoms with Crippen LogP contribution in [-0.2, 0) is 9.59 Å². The van der Waals surface area contributed by atoms with E-state index in [2.05, 4.69) is 0 Å². The van der Waals surface area contributed by atoms with Crippen molar-refractivity contribution >= 4 is 11.9 Å². The molecule has 0 aromatic rings. The molecule has 80 valence electrons. The zero-order valence-electron chi connectivity index (χ0n) is 7.98. The molecule has 1 fully saturated rings. The molecule has 1 saturated heterocycles. The van der Waals surface area contributed by atoms with Crippen molar-refractivity contribution in [2.75, 3.05) is 39.3 Å². The molecule has 1 rings (SSSR count). The fraction of sp³-hybridized carbons (Fsp3) is 0.750. The summed E-state index contributed by atoms with van der Waals surface area (Å²) < 4.78 is 0. The van der Waals surface area contributed by atoms with E-state index in [0.29, 0.717) is 26.2 Å². The van der Waals surface area contributed by atoms with Crippen molar-refractivity contribution in [1.82, 2.24) is 9.80 Å². The van der Waals surface area contributed by atoms with E-state index < -0.39 is 5.97 Å². The van der Waals surface area contributed by atoms with Gasteiger partial charge in [0.15, 0.2) is 0 Å². The molecule has 0 aliphatic carbocycles. The van der Waals surface area contributed by atoms with Gasteiger partial charge in [-0.15, -0.1) is 0 Å². The molecular weight excluding hydrogens is 186 g/mol. The number of carboxylic acids is 1. The second-order valence-corrected chi connectivity index (χ2v) is 3.25. The molecule has 0 unspecified atom stereocenters. The molecule has 0 saturated carbocycles. The van der Waals surface area contributed by atoms with Gasteiger partial charge in [-0.3, -0.25) is 14.5 Å². The fourth-order valence-electron chi connectivity index (χ4n) is 1.48. The summed E-state index contributed by atoms with van der Waals surface area (Å²) in [5.41, 5.74) is 5.22. The lowest BCUT2D eigenvalue weighted by molar-refractivity contribution is -0.139. The maximum atomic E-state index is 11.2. The molecule has 1 amide bonds. The lowest BCUT2D eigenvalue weighted by Crippen LogP contribution is -2.51. The Kier molecular flexibility index (Phi) is 3.84. The number of amides is 1. The third-order valence-electron chi connectivity index (χ3n) is 2.26. The average molecular weight is 201 g/mol. The molecular formula is C8H15N3O3. The third kappa shape index (κ3) is 2.97. The van der Waals surface area contributed by atoms with Crippen LogP contribution in [0, 0.1) is 0 Å². The predicted molar refractivity (Wildman–Crippen MR) is 49.7 cm³/mol. The highest BCUT2D eigenvalue weighted by Crippen LogP contribution is 2.00. The van der Waals surface area contributed by atoms with E-state index in [1.807, 2.05) is 4.90 Å².